The molecular weight excluding hydrogens is 446 g/mol. The summed E-state index contributed by atoms with van der Waals surface area (Å²) in [6.45, 7) is 4.23. The lowest BCUT2D eigenvalue weighted by atomic mass is 10.1. The minimum atomic E-state index is -3.82. The first-order chi connectivity index (χ1) is 14.1. The molecule has 0 unspecified atom stereocenters. The number of ether oxygens (including phenoxy) is 1. The fraction of sp³-hybridized carbons (Fsp3) is 0.429. The summed E-state index contributed by atoms with van der Waals surface area (Å²) in [6, 6.07) is 12.9. The third kappa shape index (κ3) is 5.75. The van der Waals surface area contributed by atoms with Crippen molar-refractivity contribution in [2.75, 3.05) is 18.1 Å². The Morgan fingerprint density at radius 2 is 1.70 bits per heavy atom. The first kappa shape index (κ1) is 23.1. The van der Waals surface area contributed by atoms with E-state index >= 15 is 0 Å². The molecule has 164 valence electrons. The molecule has 0 aliphatic carbocycles. The van der Waals surface area contributed by atoms with Crippen molar-refractivity contribution in [2.45, 2.75) is 42.6 Å². The van der Waals surface area contributed by atoms with E-state index in [0.29, 0.717) is 23.7 Å². The van der Waals surface area contributed by atoms with E-state index in [1.54, 1.807) is 24.3 Å². The van der Waals surface area contributed by atoms with Crippen molar-refractivity contribution in [1.82, 2.24) is 5.32 Å². The lowest BCUT2D eigenvalue weighted by molar-refractivity contribution is 0.242. The molecule has 3 rings (SSSR count). The van der Waals surface area contributed by atoms with E-state index in [1.165, 1.54) is 12.1 Å². The molecule has 6 nitrogen and oxygen atoms in total. The zero-order valence-corrected chi connectivity index (χ0v) is 19.3. The molecule has 2 atom stereocenters. The van der Waals surface area contributed by atoms with E-state index in [-0.39, 0.29) is 22.5 Å². The number of benzene rings is 2. The second kappa shape index (κ2) is 9.26. The summed E-state index contributed by atoms with van der Waals surface area (Å²) in [6.07, 6.45) is 0.614. The van der Waals surface area contributed by atoms with E-state index in [2.05, 4.69) is 5.32 Å². The predicted octanol–water partition coefficient (Wildman–Crippen LogP) is 2.90. The van der Waals surface area contributed by atoms with Crippen molar-refractivity contribution < 1.29 is 21.6 Å². The van der Waals surface area contributed by atoms with Crippen molar-refractivity contribution in [2.24, 2.45) is 0 Å². The van der Waals surface area contributed by atoms with Crippen LogP contribution in [-0.4, -0.2) is 52.3 Å². The van der Waals surface area contributed by atoms with Crippen LogP contribution in [0.15, 0.2) is 53.4 Å². The van der Waals surface area contributed by atoms with Crippen molar-refractivity contribution in [3.8, 4) is 5.75 Å². The van der Waals surface area contributed by atoms with Crippen molar-refractivity contribution in [3.63, 3.8) is 0 Å². The molecule has 30 heavy (non-hydrogen) atoms. The topological polar surface area (TPSA) is 89.5 Å². The molecule has 1 heterocycles. The van der Waals surface area contributed by atoms with Gasteiger partial charge in [0.05, 0.1) is 27.8 Å². The largest absolute Gasteiger partial charge is 0.491 e. The Kier molecular flexibility index (Phi) is 7.12. The van der Waals surface area contributed by atoms with Crippen LogP contribution in [0.5, 0.6) is 5.75 Å². The van der Waals surface area contributed by atoms with Gasteiger partial charge in [0.2, 0.25) is 0 Å². The molecule has 0 radical (unpaired) electrons. The normalized spacial score (nSPS) is 21.1. The van der Waals surface area contributed by atoms with E-state index in [9.17, 15) is 16.8 Å². The number of sulfone groups is 2. The first-order valence-corrected chi connectivity index (χ1v) is 13.5. The molecule has 0 bridgehead atoms. The van der Waals surface area contributed by atoms with E-state index in [0.717, 1.165) is 5.56 Å². The molecule has 0 spiro atoms. The zero-order chi connectivity index (χ0) is 21.9. The van der Waals surface area contributed by atoms with Gasteiger partial charge in [0.25, 0.3) is 0 Å². The van der Waals surface area contributed by atoms with Crippen LogP contribution in [0, 0.1) is 0 Å². The molecular formula is C21H26ClNO5S2. The van der Waals surface area contributed by atoms with Crippen LogP contribution in [0.4, 0.5) is 0 Å². The maximum absolute atomic E-state index is 13.2. The van der Waals surface area contributed by atoms with Gasteiger partial charge < -0.3 is 10.1 Å². The summed E-state index contributed by atoms with van der Waals surface area (Å²) in [5, 5.41) is 2.77. The first-order valence-electron chi connectivity index (χ1n) is 9.76. The van der Waals surface area contributed by atoms with Gasteiger partial charge in [0.1, 0.15) is 5.75 Å². The molecule has 0 aromatic heterocycles. The standard InChI is InChI=1S/C21H26ClNO5S2/c1-15(2)28-18-7-9-19(10-8-18)30(26,27)21-14-29(24,25)13-20(21)23-12-11-16-3-5-17(22)6-4-16/h3-10,15,20-21,23H,11-14H2,1-2H3/t20-,21-/m0/s1. The number of hydrogen-bond donors (Lipinski definition) is 1. The summed E-state index contributed by atoms with van der Waals surface area (Å²) >= 11 is 5.89. The molecule has 1 N–H and O–H groups in total. The third-order valence-electron chi connectivity index (χ3n) is 4.96. The van der Waals surface area contributed by atoms with Gasteiger partial charge in [-0.15, -0.1) is 0 Å². The second-order valence-electron chi connectivity index (χ2n) is 7.74. The minimum Gasteiger partial charge on any atom is -0.491 e. The molecule has 2 aromatic carbocycles. The van der Waals surface area contributed by atoms with Gasteiger partial charge in [-0.05, 0) is 68.8 Å². The van der Waals surface area contributed by atoms with Gasteiger partial charge in [-0.3, -0.25) is 0 Å². The highest BCUT2D eigenvalue weighted by Crippen LogP contribution is 2.27. The highest BCUT2D eigenvalue weighted by molar-refractivity contribution is 7.96. The maximum Gasteiger partial charge on any atom is 0.183 e. The van der Waals surface area contributed by atoms with Gasteiger partial charge in [-0.1, -0.05) is 23.7 Å². The third-order valence-corrected chi connectivity index (χ3v) is 9.38. The molecule has 0 saturated carbocycles. The Morgan fingerprint density at radius 3 is 2.30 bits per heavy atom. The minimum absolute atomic E-state index is 0.0262. The van der Waals surface area contributed by atoms with E-state index in [1.807, 2.05) is 26.0 Å². The maximum atomic E-state index is 13.2. The van der Waals surface area contributed by atoms with Gasteiger partial charge in [-0.25, -0.2) is 16.8 Å². The van der Waals surface area contributed by atoms with Crippen LogP contribution in [0.2, 0.25) is 5.02 Å². The van der Waals surface area contributed by atoms with Crippen molar-refractivity contribution in [3.05, 3.63) is 59.1 Å². The van der Waals surface area contributed by atoms with E-state index < -0.39 is 31.0 Å². The summed E-state index contributed by atoms with van der Waals surface area (Å²) in [5.41, 5.74) is 1.04. The molecule has 1 saturated heterocycles. The van der Waals surface area contributed by atoms with Gasteiger partial charge in [0.15, 0.2) is 19.7 Å². The number of rotatable bonds is 8. The fourth-order valence-electron chi connectivity index (χ4n) is 3.52. The summed E-state index contributed by atoms with van der Waals surface area (Å²) in [4.78, 5) is 0.102. The van der Waals surface area contributed by atoms with Crippen LogP contribution in [0.25, 0.3) is 0 Å². The Bertz CT molecular complexity index is 1070. The zero-order valence-electron chi connectivity index (χ0n) is 16.9. The molecule has 1 fully saturated rings. The highest BCUT2D eigenvalue weighted by atomic mass is 35.5. The lowest BCUT2D eigenvalue weighted by Gasteiger charge is -2.20. The summed E-state index contributed by atoms with van der Waals surface area (Å²) < 4.78 is 56.4. The average molecular weight is 472 g/mol. The number of halogens is 1. The quantitative estimate of drug-likeness (QED) is 0.636. The van der Waals surface area contributed by atoms with Crippen LogP contribution in [-0.2, 0) is 26.1 Å². The molecule has 1 aliphatic heterocycles. The smallest absolute Gasteiger partial charge is 0.183 e. The predicted molar refractivity (Wildman–Crippen MR) is 119 cm³/mol. The monoisotopic (exact) mass is 471 g/mol. The molecule has 0 amide bonds. The van der Waals surface area contributed by atoms with Crippen LogP contribution in [0.1, 0.15) is 19.4 Å². The Labute approximate surface area is 183 Å². The van der Waals surface area contributed by atoms with Gasteiger partial charge in [-0.2, -0.15) is 0 Å². The van der Waals surface area contributed by atoms with Crippen LogP contribution in [0.3, 0.4) is 0 Å². The number of hydrogen-bond acceptors (Lipinski definition) is 6. The van der Waals surface area contributed by atoms with E-state index in [4.69, 9.17) is 16.3 Å². The molecule has 2 aromatic rings. The second-order valence-corrected chi connectivity index (χ2v) is 12.5. The van der Waals surface area contributed by atoms with Gasteiger partial charge >= 0.3 is 0 Å². The number of nitrogens with one attached hydrogen (secondary N) is 1. The van der Waals surface area contributed by atoms with Crippen molar-refractivity contribution in [1.29, 1.82) is 0 Å². The van der Waals surface area contributed by atoms with Crippen LogP contribution < -0.4 is 10.1 Å². The molecule has 1 aliphatic rings. The Morgan fingerprint density at radius 1 is 1.07 bits per heavy atom. The lowest BCUT2D eigenvalue weighted by Crippen LogP contribution is -2.44. The Balaban J connectivity index is 1.73. The summed E-state index contributed by atoms with van der Waals surface area (Å²) in [7, 11) is -7.26. The molecule has 9 heteroatoms. The average Bonchev–Trinajstić information content (AvgIpc) is 2.99. The van der Waals surface area contributed by atoms with Crippen LogP contribution >= 0.6 is 11.6 Å². The summed E-state index contributed by atoms with van der Waals surface area (Å²) in [5.74, 6) is 0.00480. The Hall–Kier alpha value is -1.61. The highest BCUT2D eigenvalue weighted by Gasteiger charge is 2.45. The SMILES string of the molecule is CC(C)Oc1ccc(S(=O)(=O)[C@H]2CS(=O)(=O)C[C@@H]2NCCc2ccc(Cl)cc2)cc1. The van der Waals surface area contributed by atoms with Crippen molar-refractivity contribution >= 4 is 31.3 Å². The van der Waals surface area contributed by atoms with Gasteiger partial charge in [0, 0.05) is 11.1 Å². The fourth-order valence-corrected chi connectivity index (χ4v) is 8.36.